The third-order valence-corrected chi connectivity index (χ3v) is 1.29. The maximum Gasteiger partial charge on any atom is 2.00 e. The first-order valence-corrected chi connectivity index (χ1v) is 3.17. The van der Waals surface area contributed by atoms with Crippen LogP contribution in [0, 0.1) is 0 Å². The molecule has 8 N–H and O–H groups in total. The first-order chi connectivity index (χ1) is 5.78. The maximum atomic E-state index is 10.3. The Balaban J connectivity index is -0.000000720. The van der Waals surface area contributed by atoms with Gasteiger partial charge in [-0.1, -0.05) is 0 Å². The van der Waals surface area contributed by atoms with Crippen molar-refractivity contribution in [1.29, 1.82) is 0 Å². The third-order valence-electron chi connectivity index (χ3n) is 1.29. The first-order valence-electron chi connectivity index (χ1n) is 3.17. The molecule has 0 saturated carbocycles. The molecular weight excluding hydrogens is 254 g/mol. The fourth-order valence-corrected chi connectivity index (χ4v) is 0.714. The molecule has 0 aliphatic heterocycles. The Labute approximate surface area is 95.0 Å². The number of hydrogen-bond acceptors (Lipinski definition) is 4. The molecule has 9 heteroatoms. The van der Waals surface area contributed by atoms with Crippen LogP contribution in [0.15, 0.2) is 0 Å². The summed E-state index contributed by atoms with van der Waals surface area (Å²) in [6, 6.07) is 0. The van der Waals surface area contributed by atoms with Gasteiger partial charge in [-0.05, 0) is 0 Å². The number of carboxylic acids is 3. The van der Waals surface area contributed by atoms with Crippen molar-refractivity contribution >= 4 is 17.9 Å². The number of aliphatic hydroxyl groups is 1. The molecule has 0 aromatic rings. The average Bonchev–Trinajstić information content (AvgIpc) is 1.82. The van der Waals surface area contributed by atoms with Gasteiger partial charge in [0.1, 0.15) is 0 Å². The number of aliphatic carboxylic acids is 3. The SMILES string of the molecule is O=C(O)CC(O)(CC(=O)O)C(=O)O.[Fe+2].[NH4+]. The quantitative estimate of drug-likeness (QED) is 0.402. The van der Waals surface area contributed by atoms with Crippen molar-refractivity contribution in [3.63, 3.8) is 0 Å². The van der Waals surface area contributed by atoms with Crippen molar-refractivity contribution in [2.24, 2.45) is 0 Å². The van der Waals surface area contributed by atoms with Crippen LogP contribution in [0.25, 0.3) is 0 Å². The molecule has 15 heavy (non-hydrogen) atoms. The van der Waals surface area contributed by atoms with E-state index in [1.165, 1.54) is 0 Å². The zero-order valence-corrected chi connectivity index (χ0v) is 8.89. The van der Waals surface area contributed by atoms with E-state index in [4.69, 9.17) is 20.4 Å². The van der Waals surface area contributed by atoms with Crippen LogP contribution in [-0.4, -0.2) is 43.9 Å². The molecule has 0 aromatic carbocycles. The Morgan fingerprint density at radius 2 is 1.20 bits per heavy atom. The summed E-state index contributed by atoms with van der Waals surface area (Å²) in [7, 11) is 0. The van der Waals surface area contributed by atoms with Crippen LogP contribution in [0.2, 0.25) is 0 Å². The second-order valence-corrected chi connectivity index (χ2v) is 2.48. The van der Waals surface area contributed by atoms with Crippen molar-refractivity contribution in [2.45, 2.75) is 18.4 Å². The van der Waals surface area contributed by atoms with Crippen molar-refractivity contribution in [3.8, 4) is 0 Å². The van der Waals surface area contributed by atoms with Gasteiger partial charge in [-0.2, -0.15) is 0 Å². The van der Waals surface area contributed by atoms with E-state index < -0.39 is 36.4 Å². The predicted octanol–water partition coefficient (Wildman–Crippen LogP) is -0.875. The van der Waals surface area contributed by atoms with E-state index in [-0.39, 0.29) is 23.2 Å². The zero-order chi connectivity index (χ0) is 10.6. The number of rotatable bonds is 5. The van der Waals surface area contributed by atoms with Gasteiger partial charge >= 0.3 is 35.0 Å². The first kappa shape index (κ1) is 19.4. The summed E-state index contributed by atoms with van der Waals surface area (Å²) in [5.41, 5.74) is -2.74. The van der Waals surface area contributed by atoms with Crippen molar-refractivity contribution in [2.75, 3.05) is 0 Å². The van der Waals surface area contributed by atoms with Crippen LogP contribution in [-0.2, 0) is 31.5 Å². The van der Waals surface area contributed by atoms with Crippen LogP contribution < -0.4 is 6.15 Å². The average molecular weight is 266 g/mol. The molecule has 0 rings (SSSR count). The van der Waals surface area contributed by atoms with E-state index in [1.807, 2.05) is 0 Å². The number of hydrogen-bond donors (Lipinski definition) is 5. The molecular formula is C6H12FeNO7+3. The van der Waals surface area contributed by atoms with Crippen molar-refractivity contribution in [1.82, 2.24) is 6.15 Å². The predicted molar refractivity (Wildman–Crippen MR) is 43.1 cm³/mol. The minimum Gasteiger partial charge on any atom is -0.481 e. The van der Waals surface area contributed by atoms with E-state index in [9.17, 15) is 14.4 Å². The molecule has 8 nitrogen and oxygen atoms in total. The Bertz CT molecular complexity index is 238. The van der Waals surface area contributed by atoms with Crippen LogP contribution in [0.5, 0.6) is 0 Å². The van der Waals surface area contributed by atoms with Crippen LogP contribution >= 0.6 is 0 Å². The van der Waals surface area contributed by atoms with Gasteiger partial charge in [0.05, 0.1) is 12.8 Å². The molecule has 0 bridgehead atoms. The largest absolute Gasteiger partial charge is 2.00 e. The summed E-state index contributed by atoms with van der Waals surface area (Å²) < 4.78 is 0. The van der Waals surface area contributed by atoms with Gasteiger partial charge in [0.2, 0.25) is 0 Å². The number of carbonyl (C=O) groups is 3. The van der Waals surface area contributed by atoms with Crippen molar-refractivity contribution < 1.29 is 51.9 Å². The molecule has 0 aliphatic rings. The third kappa shape index (κ3) is 6.86. The topological polar surface area (TPSA) is 169 Å². The van der Waals surface area contributed by atoms with E-state index in [1.54, 1.807) is 0 Å². The molecule has 0 heterocycles. The Hall–Kier alpha value is -1.15. The second kappa shape index (κ2) is 7.18. The summed E-state index contributed by atoms with van der Waals surface area (Å²) in [6.45, 7) is 0. The Morgan fingerprint density at radius 3 is 1.33 bits per heavy atom. The molecule has 0 fully saturated rings. The van der Waals surface area contributed by atoms with Gasteiger partial charge in [0, 0.05) is 0 Å². The van der Waals surface area contributed by atoms with Gasteiger partial charge in [-0.25, -0.2) is 4.79 Å². The van der Waals surface area contributed by atoms with Gasteiger partial charge in [0.15, 0.2) is 5.60 Å². The second-order valence-electron chi connectivity index (χ2n) is 2.48. The van der Waals surface area contributed by atoms with Gasteiger partial charge in [0.25, 0.3) is 0 Å². The molecule has 0 amide bonds. The molecule has 88 valence electrons. The Kier molecular flexibility index (Phi) is 9.30. The number of quaternary nitrogens is 1. The van der Waals surface area contributed by atoms with Gasteiger partial charge < -0.3 is 26.6 Å². The van der Waals surface area contributed by atoms with Crippen LogP contribution in [0.4, 0.5) is 0 Å². The summed E-state index contributed by atoms with van der Waals surface area (Å²) >= 11 is 0. The molecule has 0 aliphatic carbocycles. The summed E-state index contributed by atoms with van der Waals surface area (Å²) in [5.74, 6) is -5.02. The summed E-state index contributed by atoms with van der Waals surface area (Å²) in [4.78, 5) is 30.5. The smallest absolute Gasteiger partial charge is 0.481 e. The van der Waals surface area contributed by atoms with Gasteiger partial charge in [-0.3, -0.25) is 9.59 Å². The monoisotopic (exact) mass is 266 g/mol. The standard InChI is InChI=1S/C6H8O7.Fe.H3N/c7-3(8)1-6(13,5(11)12)2-4(9)10;;/h13H,1-2H2,(H,7,8)(H,9,10)(H,11,12);;1H3/q;+2;/p+1. The summed E-state index contributed by atoms with van der Waals surface area (Å²) in [6.07, 6.45) is -2.29. The number of carboxylic acid groups (broad SMARTS) is 3. The van der Waals surface area contributed by atoms with Crippen LogP contribution in [0.3, 0.4) is 0 Å². The minimum atomic E-state index is -2.74. The van der Waals surface area contributed by atoms with E-state index in [2.05, 4.69) is 0 Å². The fourth-order valence-electron chi connectivity index (χ4n) is 0.714. The maximum absolute atomic E-state index is 10.3. The molecule has 0 unspecified atom stereocenters. The minimum absolute atomic E-state index is 0. The normalized spacial score (nSPS) is 9.40. The van der Waals surface area contributed by atoms with E-state index in [0.29, 0.717) is 0 Å². The molecule has 0 atom stereocenters. The summed E-state index contributed by atoms with van der Waals surface area (Å²) in [5, 5.41) is 33.8. The molecule has 0 aromatic heterocycles. The molecule has 0 saturated heterocycles. The fraction of sp³-hybridized carbons (Fsp3) is 0.500. The molecule has 0 radical (unpaired) electrons. The van der Waals surface area contributed by atoms with E-state index in [0.717, 1.165) is 0 Å². The van der Waals surface area contributed by atoms with Gasteiger partial charge in [-0.15, -0.1) is 0 Å². The van der Waals surface area contributed by atoms with E-state index >= 15 is 0 Å². The Morgan fingerprint density at radius 1 is 0.933 bits per heavy atom. The van der Waals surface area contributed by atoms with Crippen molar-refractivity contribution in [3.05, 3.63) is 0 Å². The zero-order valence-electron chi connectivity index (χ0n) is 7.78. The molecule has 0 spiro atoms. The van der Waals surface area contributed by atoms with Crippen LogP contribution in [0.1, 0.15) is 12.8 Å².